The predicted octanol–water partition coefficient (Wildman–Crippen LogP) is 7.92. The Hall–Kier alpha value is -4.15. The van der Waals surface area contributed by atoms with Gasteiger partial charge in [0.1, 0.15) is 18.2 Å². The lowest BCUT2D eigenvalue weighted by atomic mass is 10.1. The molecule has 0 unspecified atom stereocenters. The highest BCUT2D eigenvalue weighted by Crippen LogP contribution is 2.28. The molecule has 12 heteroatoms. The Labute approximate surface area is 267 Å². The zero-order valence-corrected chi connectivity index (χ0v) is 26.2. The number of hydrogen-bond acceptors (Lipinski definition) is 9. The number of benzene rings is 3. The fourth-order valence-electron chi connectivity index (χ4n) is 4.86. The summed E-state index contributed by atoms with van der Waals surface area (Å²) in [7, 11) is 0. The number of rotatable bonds is 12. The Bertz CT molecular complexity index is 1580. The lowest BCUT2D eigenvalue weighted by molar-refractivity contribution is 0.306. The number of anilines is 5. The summed E-state index contributed by atoms with van der Waals surface area (Å²) in [5, 5.41) is 8.71. The van der Waals surface area contributed by atoms with Crippen LogP contribution < -0.4 is 25.3 Å². The van der Waals surface area contributed by atoms with Crippen LogP contribution in [0.15, 0.2) is 65.8 Å². The van der Waals surface area contributed by atoms with Crippen LogP contribution in [0.4, 0.5) is 33.6 Å². The summed E-state index contributed by atoms with van der Waals surface area (Å²) in [6, 6.07) is 17.4. The molecule has 1 aromatic heterocycles. The molecule has 230 valence electrons. The standard InChI is InChI=1S/C32H35Cl2FN8O/c1-3-42(4-2)27-15-9-22(29(19-27)44-21-23-8-10-24(33)18-28(23)34)20-36-41-31-38-30(37-26-13-11-25(35)12-14-26)39-32(40-31)43-16-6-5-7-17-43/h8-15,18-20H,3-7,16-17,21H2,1-2H3,(H2,37,38,39,40,41)/b36-20-. The van der Waals surface area contributed by atoms with Gasteiger partial charge in [-0.2, -0.15) is 20.1 Å². The first kappa shape index (κ1) is 31.3. The molecular weight excluding hydrogens is 602 g/mol. The molecule has 1 aliphatic rings. The van der Waals surface area contributed by atoms with Gasteiger partial charge in [-0.25, -0.2) is 9.82 Å². The fraction of sp³-hybridized carbons (Fsp3) is 0.312. The topological polar surface area (TPSA) is 90.8 Å². The molecule has 1 saturated heterocycles. The van der Waals surface area contributed by atoms with Gasteiger partial charge in [0.15, 0.2) is 0 Å². The number of nitrogens with zero attached hydrogens (tertiary/aromatic N) is 6. The molecule has 44 heavy (non-hydrogen) atoms. The second-order valence-corrected chi connectivity index (χ2v) is 11.1. The molecule has 0 aliphatic carbocycles. The molecule has 1 fully saturated rings. The van der Waals surface area contributed by atoms with Crippen molar-refractivity contribution in [3.05, 3.63) is 87.7 Å². The maximum atomic E-state index is 13.4. The highest BCUT2D eigenvalue weighted by atomic mass is 35.5. The zero-order valence-electron chi connectivity index (χ0n) is 24.7. The molecule has 0 amide bonds. The number of nitrogens with one attached hydrogen (secondary N) is 2. The van der Waals surface area contributed by atoms with E-state index >= 15 is 0 Å². The SMILES string of the molecule is CCN(CC)c1ccc(/C=N\Nc2nc(Nc3ccc(F)cc3)nc(N3CCCCC3)n2)c(OCc2ccc(Cl)cc2Cl)c1. The summed E-state index contributed by atoms with van der Waals surface area (Å²) < 4.78 is 19.7. The molecule has 5 rings (SSSR count). The van der Waals surface area contributed by atoms with Gasteiger partial charge in [-0.05, 0) is 81.6 Å². The van der Waals surface area contributed by atoms with E-state index in [1.165, 1.54) is 18.6 Å². The number of halogens is 3. The van der Waals surface area contributed by atoms with Crippen LogP contribution in [0.1, 0.15) is 44.2 Å². The Balaban J connectivity index is 1.39. The van der Waals surface area contributed by atoms with Gasteiger partial charge in [0, 0.05) is 64.8 Å². The molecule has 3 aromatic carbocycles. The lowest BCUT2D eigenvalue weighted by Crippen LogP contribution is -2.31. The van der Waals surface area contributed by atoms with Crippen LogP contribution >= 0.6 is 23.2 Å². The number of ether oxygens (including phenoxy) is 1. The average molecular weight is 638 g/mol. The van der Waals surface area contributed by atoms with Gasteiger partial charge >= 0.3 is 0 Å². The first-order chi connectivity index (χ1) is 21.4. The summed E-state index contributed by atoms with van der Waals surface area (Å²) in [5.74, 6) is 1.49. The Morgan fingerprint density at radius 3 is 2.41 bits per heavy atom. The van der Waals surface area contributed by atoms with Crippen LogP contribution in [0.25, 0.3) is 0 Å². The molecule has 2 heterocycles. The maximum Gasteiger partial charge on any atom is 0.250 e. The normalized spacial score (nSPS) is 13.2. The van der Waals surface area contributed by atoms with Crippen molar-refractivity contribution in [1.82, 2.24) is 15.0 Å². The van der Waals surface area contributed by atoms with Crippen LogP contribution in [0.5, 0.6) is 5.75 Å². The minimum Gasteiger partial charge on any atom is -0.488 e. The third-order valence-electron chi connectivity index (χ3n) is 7.26. The first-order valence-electron chi connectivity index (χ1n) is 14.7. The molecular formula is C32H35Cl2FN8O. The van der Waals surface area contributed by atoms with Gasteiger partial charge in [0.2, 0.25) is 17.8 Å². The number of piperidine rings is 1. The highest BCUT2D eigenvalue weighted by Gasteiger charge is 2.17. The Morgan fingerprint density at radius 1 is 0.932 bits per heavy atom. The summed E-state index contributed by atoms with van der Waals surface area (Å²) in [5.41, 5.74) is 6.24. The van der Waals surface area contributed by atoms with E-state index in [1.54, 1.807) is 30.5 Å². The molecule has 9 nitrogen and oxygen atoms in total. The van der Waals surface area contributed by atoms with Crippen LogP contribution in [0.3, 0.4) is 0 Å². The van der Waals surface area contributed by atoms with Crippen molar-refractivity contribution < 1.29 is 9.13 Å². The average Bonchev–Trinajstić information content (AvgIpc) is 3.03. The van der Waals surface area contributed by atoms with E-state index in [-0.39, 0.29) is 18.4 Å². The van der Waals surface area contributed by atoms with Crippen molar-refractivity contribution in [2.24, 2.45) is 5.10 Å². The van der Waals surface area contributed by atoms with Crippen molar-refractivity contribution in [2.45, 2.75) is 39.7 Å². The van der Waals surface area contributed by atoms with E-state index < -0.39 is 0 Å². The zero-order chi connectivity index (χ0) is 30.9. The number of aromatic nitrogens is 3. The quantitative estimate of drug-likeness (QED) is 0.120. The van der Waals surface area contributed by atoms with Crippen molar-refractivity contribution >= 4 is 58.6 Å². The maximum absolute atomic E-state index is 13.4. The van der Waals surface area contributed by atoms with E-state index in [1.807, 2.05) is 24.3 Å². The van der Waals surface area contributed by atoms with Gasteiger partial charge in [-0.3, -0.25) is 0 Å². The second-order valence-electron chi connectivity index (χ2n) is 10.3. The van der Waals surface area contributed by atoms with E-state index in [2.05, 4.69) is 54.4 Å². The van der Waals surface area contributed by atoms with Crippen LogP contribution in [0, 0.1) is 5.82 Å². The summed E-state index contributed by atoms with van der Waals surface area (Å²) >= 11 is 12.5. The smallest absolute Gasteiger partial charge is 0.250 e. The van der Waals surface area contributed by atoms with Gasteiger partial charge in [-0.15, -0.1) is 0 Å². The minimum atomic E-state index is -0.318. The third kappa shape index (κ3) is 8.27. The van der Waals surface area contributed by atoms with Gasteiger partial charge in [0.25, 0.3) is 0 Å². The second kappa shape index (κ2) is 15.0. The summed E-state index contributed by atoms with van der Waals surface area (Å²) in [4.78, 5) is 18.1. The molecule has 0 radical (unpaired) electrons. The minimum absolute atomic E-state index is 0.261. The van der Waals surface area contributed by atoms with E-state index in [4.69, 9.17) is 27.9 Å². The third-order valence-corrected chi connectivity index (χ3v) is 7.84. The van der Waals surface area contributed by atoms with Gasteiger partial charge in [0.05, 0.1) is 6.21 Å². The van der Waals surface area contributed by atoms with Gasteiger partial charge < -0.3 is 19.9 Å². The number of hydrogen-bond donors (Lipinski definition) is 2. The highest BCUT2D eigenvalue weighted by molar-refractivity contribution is 6.35. The fourth-order valence-corrected chi connectivity index (χ4v) is 5.33. The van der Waals surface area contributed by atoms with Crippen molar-refractivity contribution in [3.8, 4) is 5.75 Å². The van der Waals surface area contributed by atoms with E-state index in [0.29, 0.717) is 33.4 Å². The largest absolute Gasteiger partial charge is 0.488 e. The van der Waals surface area contributed by atoms with E-state index in [9.17, 15) is 4.39 Å². The van der Waals surface area contributed by atoms with Crippen LogP contribution in [0.2, 0.25) is 10.0 Å². The predicted molar refractivity (Wildman–Crippen MR) is 178 cm³/mol. The molecule has 4 aromatic rings. The summed E-state index contributed by atoms with van der Waals surface area (Å²) in [6.45, 7) is 7.94. The van der Waals surface area contributed by atoms with Gasteiger partial charge in [-0.1, -0.05) is 29.3 Å². The lowest BCUT2D eigenvalue weighted by Gasteiger charge is -2.26. The van der Waals surface area contributed by atoms with Crippen molar-refractivity contribution in [2.75, 3.05) is 46.7 Å². The van der Waals surface area contributed by atoms with Crippen molar-refractivity contribution in [1.29, 1.82) is 0 Å². The molecule has 0 spiro atoms. The molecule has 0 atom stereocenters. The summed E-state index contributed by atoms with van der Waals surface area (Å²) in [6.07, 6.45) is 4.99. The molecule has 0 saturated carbocycles. The van der Waals surface area contributed by atoms with Crippen molar-refractivity contribution in [3.63, 3.8) is 0 Å². The first-order valence-corrected chi connectivity index (χ1v) is 15.5. The van der Waals surface area contributed by atoms with Crippen LogP contribution in [-0.4, -0.2) is 47.3 Å². The Kier molecular flexibility index (Phi) is 10.7. The monoisotopic (exact) mass is 636 g/mol. The molecule has 0 bridgehead atoms. The van der Waals surface area contributed by atoms with Crippen LogP contribution in [-0.2, 0) is 6.61 Å². The Morgan fingerprint density at radius 2 is 1.68 bits per heavy atom. The van der Waals surface area contributed by atoms with E-state index in [0.717, 1.165) is 55.8 Å². The molecule has 1 aliphatic heterocycles. The number of hydrazone groups is 1. The molecule has 2 N–H and O–H groups in total.